The maximum atomic E-state index is 6.79. The van der Waals surface area contributed by atoms with Crippen molar-refractivity contribution in [2.45, 2.75) is 25.2 Å². The molecule has 0 bridgehead atoms. The first-order valence-corrected chi connectivity index (χ1v) is 18.3. The highest BCUT2D eigenvalue weighted by atomic mass is 32.1. The Balaban J connectivity index is 1.08. The van der Waals surface area contributed by atoms with E-state index >= 15 is 0 Å². The second-order valence-corrected chi connectivity index (χ2v) is 14.5. The van der Waals surface area contributed by atoms with Gasteiger partial charge in [-0.3, -0.25) is 5.32 Å². The number of hydrogen-bond acceptors (Lipinski definition) is 6. The molecule has 4 heterocycles. The number of thiophene rings is 1. The number of allylic oxidation sites excluding steroid dienone is 1. The lowest BCUT2D eigenvalue weighted by molar-refractivity contribution is 0.412. The van der Waals surface area contributed by atoms with Crippen molar-refractivity contribution in [3.63, 3.8) is 0 Å². The van der Waals surface area contributed by atoms with Crippen LogP contribution in [-0.2, 0) is 6.42 Å². The van der Waals surface area contributed by atoms with Gasteiger partial charge >= 0.3 is 0 Å². The van der Waals surface area contributed by atoms with Crippen LogP contribution in [0, 0.1) is 0 Å². The number of aliphatic imine (C=N–C) groups is 1. The first-order chi connectivity index (χ1) is 25.3. The predicted octanol–water partition coefficient (Wildman–Crippen LogP) is 11.7. The number of aryl methyl sites for hydroxylation is 1. The standard InChI is InChI=1S/C45H31N3O2S/c1-2-12-26(13-3-1)43-46-44(48-45(47-43)34-21-11-25-38-40(34)31-15-5-7-24-37(31)51-38)33-20-10-23-36-39(33)32-19-9-18-30(42(32)50-36)29-17-8-16-28-27-14-4-6-22-35(27)49-41(28)29/h1-10,12-24,43-44,46H,11,25H2,(H,47,48). The number of benzene rings is 6. The van der Waals surface area contributed by atoms with E-state index in [2.05, 4.69) is 138 Å². The maximum absolute atomic E-state index is 6.79. The van der Waals surface area contributed by atoms with Crippen LogP contribution in [0.2, 0.25) is 0 Å². The molecule has 2 atom stereocenters. The van der Waals surface area contributed by atoms with Crippen molar-refractivity contribution in [1.82, 2.24) is 10.6 Å². The van der Waals surface area contributed by atoms with Crippen molar-refractivity contribution in [1.29, 1.82) is 0 Å². The highest BCUT2D eigenvalue weighted by Crippen LogP contribution is 2.44. The Morgan fingerprint density at radius 3 is 2.20 bits per heavy atom. The van der Waals surface area contributed by atoms with Crippen molar-refractivity contribution in [3.8, 4) is 11.1 Å². The Labute approximate surface area is 297 Å². The van der Waals surface area contributed by atoms with Gasteiger partial charge in [0, 0.05) is 64.3 Å². The molecule has 5 nitrogen and oxygen atoms in total. The number of nitrogens with zero attached hydrogens (tertiary/aromatic N) is 1. The van der Waals surface area contributed by atoms with E-state index in [-0.39, 0.29) is 12.3 Å². The number of para-hydroxylation sites is 3. The molecule has 11 rings (SSSR count). The monoisotopic (exact) mass is 677 g/mol. The van der Waals surface area contributed by atoms with Gasteiger partial charge in [0.25, 0.3) is 0 Å². The largest absolute Gasteiger partial charge is 0.455 e. The molecule has 6 heteroatoms. The molecular weight excluding hydrogens is 647 g/mol. The number of nitrogens with one attached hydrogen (secondary N) is 2. The minimum atomic E-state index is -0.238. The third-order valence-corrected chi connectivity index (χ3v) is 11.7. The number of amidine groups is 1. The van der Waals surface area contributed by atoms with E-state index in [0.717, 1.165) is 84.8 Å². The average molecular weight is 678 g/mol. The lowest BCUT2D eigenvalue weighted by atomic mass is 9.92. The van der Waals surface area contributed by atoms with Gasteiger partial charge in [-0.25, -0.2) is 4.99 Å². The zero-order chi connectivity index (χ0) is 33.5. The van der Waals surface area contributed by atoms with Gasteiger partial charge in [-0.05, 0) is 36.6 Å². The number of furan rings is 2. The number of rotatable bonds is 4. The summed E-state index contributed by atoms with van der Waals surface area (Å²) in [4.78, 5) is 6.79. The zero-order valence-corrected chi connectivity index (χ0v) is 28.3. The number of hydrogen-bond donors (Lipinski definition) is 2. The molecule has 9 aromatic rings. The van der Waals surface area contributed by atoms with Crippen molar-refractivity contribution in [2.24, 2.45) is 4.99 Å². The smallest absolute Gasteiger partial charge is 0.143 e. The van der Waals surface area contributed by atoms with Gasteiger partial charge in [0.2, 0.25) is 0 Å². The van der Waals surface area contributed by atoms with E-state index in [4.69, 9.17) is 13.8 Å². The van der Waals surface area contributed by atoms with Gasteiger partial charge < -0.3 is 14.2 Å². The summed E-state index contributed by atoms with van der Waals surface area (Å²) < 4.78 is 14.6. The van der Waals surface area contributed by atoms with E-state index in [1.54, 1.807) is 0 Å². The molecule has 51 heavy (non-hydrogen) atoms. The molecule has 3 aromatic heterocycles. The molecule has 2 unspecified atom stereocenters. The molecule has 6 aromatic carbocycles. The van der Waals surface area contributed by atoms with E-state index in [9.17, 15) is 0 Å². The summed E-state index contributed by atoms with van der Waals surface area (Å²) in [5.41, 5.74) is 10.2. The molecule has 0 spiro atoms. The van der Waals surface area contributed by atoms with Gasteiger partial charge in [0.1, 0.15) is 40.5 Å². The lowest BCUT2D eigenvalue weighted by Gasteiger charge is -2.33. The van der Waals surface area contributed by atoms with Crippen LogP contribution in [0.1, 0.15) is 40.3 Å². The predicted molar refractivity (Wildman–Crippen MR) is 210 cm³/mol. The third-order valence-electron chi connectivity index (χ3n) is 10.5. The first kappa shape index (κ1) is 28.8. The summed E-state index contributed by atoms with van der Waals surface area (Å²) in [6.45, 7) is 0. The zero-order valence-electron chi connectivity index (χ0n) is 27.5. The molecule has 0 saturated carbocycles. The van der Waals surface area contributed by atoms with Crippen molar-refractivity contribution in [3.05, 3.63) is 161 Å². The van der Waals surface area contributed by atoms with E-state index in [1.165, 1.54) is 26.1 Å². The summed E-state index contributed by atoms with van der Waals surface area (Å²) in [7, 11) is 0. The van der Waals surface area contributed by atoms with Crippen LogP contribution in [-0.4, -0.2) is 5.84 Å². The average Bonchev–Trinajstić information content (AvgIpc) is 3.89. The summed E-state index contributed by atoms with van der Waals surface area (Å²) in [6.07, 6.45) is 3.95. The molecule has 0 fully saturated rings. The van der Waals surface area contributed by atoms with Crippen molar-refractivity contribution in [2.75, 3.05) is 0 Å². The molecule has 244 valence electrons. The fraction of sp³-hybridized carbons (Fsp3) is 0.0889. The van der Waals surface area contributed by atoms with Crippen LogP contribution in [0.4, 0.5) is 0 Å². The van der Waals surface area contributed by atoms with Gasteiger partial charge in [0.05, 0.1) is 0 Å². The van der Waals surface area contributed by atoms with Gasteiger partial charge in [0.15, 0.2) is 0 Å². The Bertz CT molecular complexity index is 2890. The Hall–Kier alpha value is -5.95. The molecule has 0 radical (unpaired) electrons. The molecule has 0 saturated heterocycles. The first-order valence-electron chi connectivity index (χ1n) is 17.5. The Morgan fingerprint density at radius 2 is 1.31 bits per heavy atom. The van der Waals surface area contributed by atoms with Crippen LogP contribution in [0.25, 0.3) is 70.7 Å². The topological polar surface area (TPSA) is 62.7 Å². The second kappa shape index (κ2) is 11.3. The fourth-order valence-corrected chi connectivity index (χ4v) is 9.41. The minimum Gasteiger partial charge on any atom is -0.455 e. The normalized spacial score (nSPS) is 17.6. The van der Waals surface area contributed by atoms with Gasteiger partial charge in [-0.15, -0.1) is 11.3 Å². The van der Waals surface area contributed by atoms with Gasteiger partial charge in [-0.1, -0.05) is 121 Å². The molecule has 2 aliphatic rings. The summed E-state index contributed by atoms with van der Waals surface area (Å²) >= 11 is 1.91. The molecular formula is C45H31N3O2S. The quantitative estimate of drug-likeness (QED) is 0.195. The molecule has 1 aliphatic carbocycles. The van der Waals surface area contributed by atoms with Crippen LogP contribution in [0.15, 0.2) is 153 Å². The van der Waals surface area contributed by atoms with Crippen LogP contribution in [0.3, 0.4) is 0 Å². The SMILES string of the molecule is C1=C(C2=NC(c3ccccc3)NC(c3cccc4oc5c(-c6cccc7c6oc6ccccc67)cccc5c34)N2)c2c(sc3ccccc23)CC1. The highest BCUT2D eigenvalue weighted by molar-refractivity contribution is 7.19. The van der Waals surface area contributed by atoms with E-state index < -0.39 is 0 Å². The molecule has 0 amide bonds. The second-order valence-electron chi connectivity index (χ2n) is 13.4. The summed E-state index contributed by atoms with van der Waals surface area (Å²) in [5.74, 6) is 0.916. The maximum Gasteiger partial charge on any atom is 0.143 e. The van der Waals surface area contributed by atoms with E-state index in [1.807, 2.05) is 23.5 Å². The summed E-state index contributed by atoms with van der Waals surface area (Å²) in [5, 5.41) is 13.4. The van der Waals surface area contributed by atoms with Crippen LogP contribution >= 0.6 is 11.3 Å². The molecule has 2 N–H and O–H groups in total. The minimum absolute atomic E-state index is 0.231. The Kier molecular flexibility index (Phi) is 6.38. The third kappa shape index (κ3) is 4.47. The van der Waals surface area contributed by atoms with Crippen LogP contribution < -0.4 is 10.6 Å². The summed E-state index contributed by atoms with van der Waals surface area (Å²) in [6, 6.07) is 46.7. The Morgan fingerprint density at radius 1 is 0.627 bits per heavy atom. The highest BCUT2D eigenvalue weighted by Gasteiger charge is 2.31. The lowest BCUT2D eigenvalue weighted by Crippen LogP contribution is -2.45. The van der Waals surface area contributed by atoms with Crippen molar-refractivity contribution < 1.29 is 8.83 Å². The van der Waals surface area contributed by atoms with E-state index in [0.29, 0.717) is 0 Å². The van der Waals surface area contributed by atoms with Crippen LogP contribution in [0.5, 0.6) is 0 Å². The number of fused-ring (bicyclic) bond motifs is 9. The fourth-order valence-electron chi connectivity index (χ4n) is 8.18. The van der Waals surface area contributed by atoms with Crippen molar-refractivity contribution >= 4 is 76.7 Å². The van der Waals surface area contributed by atoms with Gasteiger partial charge in [-0.2, -0.15) is 0 Å². The molecule has 1 aliphatic heterocycles.